The highest BCUT2D eigenvalue weighted by Gasteiger charge is 2.13. The molecule has 0 spiro atoms. The van der Waals surface area contributed by atoms with Gasteiger partial charge in [0.2, 0.25) is 0 Å². The van der Waals surface area contributed by atoms with Crippen LogP contribution in [0.2, 0.25) is 0 Å². The Kier molecular flexibility index (Phi) is 9.36. The molecule has 1 aromatic rings. The van der Waals surface area contributed by atoms with E-state index in [0.29, 0.717) is 5.56 Å². The number of rotatable bonds is 5. The number of benzene rings is 1. The maximum absolute atomic E-state index is 10.7. The first kappa shape index (κ1) is 20.7. The summed E-state index contributed by atoms with van der Waals surface area (Å²) in [5.41, 5.74) is 0.159. The first-order chi connectivity index (χ1) is 10.7. The highest BCUT2D eigenvalue weighted by molar-refractivity contribution is 5.96. The van der Waals surface area contributed by atoms with Crippen molar-refractivity contribution in [2.75, 3.05) is 6.54 Å². The molecule has 0 fully saturated rings. The van der Waals surface area contributed by atoms with Crippen LogP contribution in [0.5, 0.6) is 5.75 Å². The van der Waals surface area contributed by atoms with E-state index >= 15 is 0 Å². The Labute approximate surface area is 138 Å². The van der Waals surface area contributed by atoms with Gasteiger partial charge in [-0.1, -0.05) is 24.3 Å². The number of nitriles is 1. The zero-order valence-electron chi connectivity index (χ0n) is 14.5. The molecule has 0 unspecified atom stereocenters. The summed E-state index contributed by atoms with van der Waals surface area (Å²) in [5, 5.41) is 27.7. The quantitative estimate of drug-likeness (QED) is 0.635. The maximum Gasteiger partial charge on any atom is 0.346 e. The molecular weight excluding hydrogens is 292 g/mol. The third-order valence-electron chi connectivity index (χ3n) is 3.43. The molecule has 5 nitrogen and oxygen atoms in total. The molecule has 0 aliphatic carbocycles. The van der Waals surface area contributed by atoms with E-state index in [4.69, 9.17) is 10.4 Å². The Morgan fingerprint density at radius 1 is 1.26 bits per heavy atom. The molecule has 0 saturated carbocycles. The monoisotopic (exact) mass is 318 g/mol. The molecule has 1 aromatic carbocycles. The third kappa shape index (κ3) is 8.03. The number of nitrogens with one attached hydrogen (secondary N) is 1. The van der Waals surface area contributed by atoms with Crippen LogP contribution in [0.4, 0.5) is 0 Å². The zero-order chi connectivity index (χ0) is 18.0. The van der Waals surface area contributed by atoms with Crippen molar-refractivity contribution < 1.29 is 19.9 Å². The van der Waals surface area contributed by atoms with E-state index in [9.17, 15) is 9.90 Å². The molecule has 0 heterocycles. The van der Waals surface area contributed by atoms with Gasteiger partial charge in [0.15, 0.2) is 0 Å². The molecule has 0 aliphatic rings. The summed E-state index contributed by atoms with van der Waals surface area (Å²) >= 11 is 0. The Morgan fingerprint density at radius 3 is 2.00 bits per heavy atom. The minimum absolute atomic E-state index is 0.156. The van der Waals surface area contributed by atoms with Crippen LogP contribution in [0.3, 0.4) is 0 Å². The smallest absolute Gasteiger partial charge is 0.346 e. The molecule has 0 aliphatic heterocycles. The Hall–Kier alpha value is -2.32. The van der Waals surface area contributed by atoms with E-state index in [-0.39, 0.29) is 11.3 Å². The van der Waals surface area contributed by atoms with E-state index in [1.54, 1.807) is 11.0 Å². The van der Waals surface area contributed by atoms with Crippen molar-refractivity contribution >= 4 is 12.0 Å². The predicted molar refractivity (Wildman–Crippen MR) is 88.9 cm³/mol. The normalized spacial score (nSPS) is 11.2. The maximum atomic E-state index is 10.7. The van der Waals surface area contributed by atoms with Gasteiger partial charge in [-0.25, -0.2) is 4.79 Å². The first-order valence-corrected chi connectivity index (χ1v) is 7.70. The number of carboxylic acid groups (broad SMARTS) is 1. The van der Waals surface area contributed by atoms with Crippen molar-refractivity contribution in [1.29, 1.82) is 5.26 Å². The molecule has 0 bridgehead atoms. The van der Waals surface area contributed by atoms with Crippen LogP contribution in [0.1, 0.15) is 40.2 Å². The first-order valence-electron chi connectivity index (χ1n) is 7.70. The van der Waals surface area contributed by atoms with Crippen molar-refractivity contribution in [3.63, 3.8) is 0 Å². The zero-order valence-corrected chi connectivity index (χ0v) is 14.5. The van der Waals surface area contributed by atoms with Gasteiger partial charge in [0.25, 0.3) is 0 Å². The van der Waals surface area contributed by atoms with Gasteiger partial charge in [-0.05, 0) is 46.3 Å². The number of quaternary nitrogens is 1. The number of hydrogen-bond donors (Lipinski definition) is 2. The van der Waals surface area contributed by atoms with Crippen molar-refractivity contribution in [2.24, 2.45) is 0 Å². The summed E-state index contributed by atoms with van der Waals surface area (Å²) in [6.45, 7) is 12.6. The minimum atomic E-state index is -1.28. The summed E-state index contributed by atoms with van der Waals surface area (Å²) in [5.74, 6) is -1.44. The molecule has 0 amide bonds. The Bertz CT molecular complexity index is 547. The molecule has 0 saturated heterocycles. The van der Waals surface area contributed by atoms with Gasteiger partial charge < -0.3 is 15.1 Å². The van der Waals surface area contributed by atoms with Gasteiger partial charge in [0.05, 0.1) is 18.6 Å². The van der Waals surface area contributed by atoms with Crippen molar-refractivity contribution in [3.05, 3.63) is 35.4 Å². The van der Waals surface area contributed by atoms with Crippen LogP contribution >= 0.6 is 0 Å². The minimum Gasteiger partial charge on any atom is -0.872 e. The second-order valence-electron chi connectivity index (χ2n) is 5.78. The molecular formula is C18H26N2O3. The van der Waals surface area contributed by atoms with Gasteiger partial charge in [-0.3, -0.25) is 0 Å². The second-order valence-corrected chi connectivity index (χ2v) is 5.78. The van der Waals surface area contributed by atoms with Crippen LogP contribution < -0.4 is 10.0 Å². The fourth-order valence-corrected chi connectivity index (χ4v) is 2.36. The summed E-state index contributed by atoms with van der Waals surface area (Å²) in [6, 6.07) is 8.63. The largest absolute Gasteiger partial charge is 0.872 e. The van der Waals surface area contributed by atoms with Crippen molar-refractivity contribution in [2.45, 2.75) is 46.7 Å². The summed E-state index contributed by atoms with van der Waals surface area (Å²) in [4.78, 5) is 12.1. The molecule has 5 heteroatoms. The fourth-order valence-electron chi connectivity index (χ4n) is 2.36. The molecule has 126 valence electrons. The topological polar surface area (TPSA) is 88.6 Å². The number of nitrogens with zero attached hydrogens (tertiary/aromatic N) is 1. The van der Waals surface area contributed by atoms with E-state index in [1.165, 1.54) is 36.9 Å². The molecule has 0 atom stereocenters. The van der Waals surface area contributed by atoms with Crippen LogP contribution in [0.25, 0.3) is 6.08 Å². The van der Waals surface area contributed by atoms with Crippen LogP contribution in [-0.4, -0.2) is 29.7 Å². The average molecular weight is 318 g/mol. The number of carbonyl (C=O) groups is 1. The molecule has 1 rings (SSSR count). The average Bonchev–Trinajstić information content (AvgIpc) is 2.46. The molecule has 23 heavy (non-hydrogen) atoms. The fraction of sp³-hybridized carbons (Fsp3) is 0.444. The van der Waals surface area contributed by atoms with Gasteiger partial charge in [-0.2, -0.15) is 5.26 Å². The SMILES string of the molecule is CC[NH+](C(C)C)C(C)C.N#CC(=Cc1ccc([O-])cc1)C(=O)O. The van der Waals surface area contributed by atoms with Gasteiger partial charge in [-0.15, -0.1) is 5.75 Å². The second kappa shape index (κ2) is 10.4. The lowest BCUT2D eigenvalue weighted by Crippen LogP contribution is -3.17. The lowest BCUT2D eigenvalue weighted by atomic mass is 10.1. The van der Waals surface area contributed by atoms with E-state index < -0.39 is 5.97 Å². The van der Waals surface area contributed by atoms with E-state index in [2.05, 4.69) is 34.6 Å². The van der Waals surface area contributed by atoms with Gasteiger partial charge >= 0.3 is 5.97 Å². The van der Waals surface area contributed by atoms with Crippen molar-refractivity contribution in [3.8, 4) is 11.8 Å². The lowest BCUT2D eigenvalue weighted by Gasteiger charge is -2.25. The van der Waals surface area contributed by atoms with Gasteiger partial charge in [0.1, 0.15) is 11.6 Å². The molecule has 0 radical (unpaired) electrons. The van der Waals surface area contributed by atoms with E-state index in [0.717, 1.165) is 12.1 Å². The lowest BCUT2D eigenvalue weighted by molar-refractivity contribution is -0.940. The van der Waals surface area contributed by atoms with E-state index in [1.807, 2.05) is 0 Å². The Balaban J connectivity index is 0.000000468. The predicted octanol–water partition coefficient (Wildman–Crippen LogP) is 1.46. The van der Waals surface area contributed by atoms with Crippen LogP contribution in [-0.2, 0) is 4.79 Å². The Morgan fingerprint density at radius 2 is 1.74 bits per heavy atom. The summed E-state index contributed by atoms with van der Waals surface area (Å²) in [6.07, 6.45) is 1.21. The number of hydrogen-bond acceptors (Lipinski definition) is 3. The molecule has 0 aromatic heterocycles. The van der Waals surface area contributed by atoms with Gasteiger partial charge in [0, 0.05) is 0 Å². The standard InChI is InChI=1S/C10H7NO3.C8H19N/c11-6-8(10(13)14)5-7-1-3-9(12)4-2-7;1-6-9(7(2)3)8(4)5/h1-5,12H,(H,13,14);7-8H,6H2,1-5H3. The summed E-state index contributed by atoms with van der Waals surface area (Å²) in [7, 11) is 0. The van der Waals surface area contributed by atoms with Crippen molar-refractivity contribution in [1.82, 2.24) is 0 Å². The number of aliphatic carboxylic acids is 1. The van der Waals surface area contributed by atoms with Crippen LogP contribution in [0.15, 0.2) is 29.8 Å². The third-order valence-corrected chi connectivity index (χ3v) is 3.43. The number of carboxylic acids is 1. The molecule has 2 N–H and O–H groups in total. The highest BCUT2D eigenvalue weighted by Crippen LogP contribution is 2.10. The highest BCUT2D eigenvalue weighted by atomic mass is 16.4. The summed E-state index contributed by atoms with van der Waals surface area (Å²) < 4.78 is 0. The van der Waals surface area contributed by atoms with Crippen LogP contribution in [0, 0.1) is 11.3 Å².